The van der Waals surface area contributed by atoms with Gasteiger partial charge in [-0.3, -0.25) is 4.79 Å². The lowest BCUT2D eigenvalue weighted by Crippen LogP contribution is -2.65. The molecule has 0 radical (unpaired) electrons. The minimum absolute atomic E-state index is 0.232. The van der Waals surface area contributed by atoms with Gasteiger partial charge >= 0.3 is 0 Å². The van der Waals surface area contributed by atoms with E-state index >= 15 is 0 Å². The fraction of sp³-hybridized carbons (Fsp3) is 0.728. The first-order valence-electron chi connectivity index (χ1n) is 43.1. The van der Waals surface area contributed by atoms with Crippen molar-refractivity contribution in [2.75, 3.05) is 19.8 Å². The largest absolute Gasteiger partial charge is 0.394 e. The molecule has 0 aromatic heterocycles. The number of rotatable bonds is 71. The van der Waals surface area contributed by atoms with Gasteiger partial charge in [-0.1, -0.05) is 372 Å². The monoisotopic (exact) mass is 1480 g/mol. The van der Waals surface area contributed by atoms with Crippen molar-refractivity contribution in [2.24, 2.45) is 0 Å². The number of hydrogen-bond acceptors (Lipinski definition) is 13. The van der Waals surface area contributed by atoms with Gasteiger partial charge in [0.25, 0.3) is 0 Å². The highest BCUT2D eigenvalue weighted by Crippen LogP contribution is 2.30. The normalized spacial score (nSPS) is 22.1. The zero-order valence-corrected chi connectivity index (χ0v) is 66.9. The summed E-state index contributed by atoms with van der Waals surface area (Å²) in [7, 11) is 0. The third kappa shape index (κ3) is 55.3. The summed E-state index contributed by atoms with van der Waals surface area (Å²) >= 11 is 0. The second-order valence-corrected chi connectivity index (χ2v) is 29.6. The first kappa shape index (κ1) is 97.9. The summed E-state index contributed by atoms with van der Waals surface area (Å²) in [4.78, 5) is 13.4. The summed E-state index contributed by atoms with van der Waals surface area (Å²) in [6.45, 7) is 2.76. The highest BCUT2D eigenvalue weighted by atomic mass is 16.7. The van der Waals surface area contributed by atoms with Crippen molar-refractivity contribution >= 4 is 5.91 Å². The zero-order valence-electron chi connectivity index (χ0n) is 66.9. The average Bonchev–Trinajstić information content (AvgIpc) is 0.790. The Morgan fingerprint density at radius 3 is 1.00 bits per heavy atom. The van der Waals surface area contributed by atoms with E-state index in [1.54, 1.807) is 0 Å². The Morgan fingerprint density at radius 1 is 0.349 bits per heavy atom. The van der Waals surface area contributed by atoms with Crippen LogP contribution in [0.15, 0.2) is 146 Å². The Bertz CT molecular complexity index is 2350. The lowest BCUT2D eigenvalue weighted by Gasteiger charge is -2.46. The van der Waals surface area contributed by atoms with Crippen LogP contribution in [0.1, 0.15) is 335 Å². The van der Waals surface area contributed by atoms with Crippen LogP contribution in [0.25, 0.3) is 0 Å². The fourth-order valence-corrected chi connectivity index (χ4v) is 13.3. The summed E-state index contributed by atoms with van der Waals surface area (Å²) in [5.41, 5.74) is 0. The molecule has 2 fully saturated rings. The van der Waals surface area contributed by atoms with E-state index in [0.717, 1.165) is 128 Å². The van der Waals surface area contributed by atoms with Crippen LogP contribution in [-0.4, -0.2) is 140 Å². The van der Waals surface area contributed by atoms with E-state index in [0.29, 0.717) is 12.8 Å². The maximum atomic E-state index is 13.4. The number of hydrogen-bond donors (Lipinski definition) is 9. The molecular weight excluding hydrogens is 1330 g/mol. The van der Waals surface area contributed by atoms with Gasteiger partial charge in [-0.05, 0) is 103 Å². The van der Waals surface area contributed by atoms with E-state index in [1.165, 1.54) is 173 Å². The maximum absolute atomic E-state index is 13.4. The molecule has 0 spiro atoms. The van der Waals surface area contributed by atoms with Crippen LogP contribution in [0.5, 0.6) is 0 Å². The molecule has 2 rings (SSSR count). The number of carbonyl (C=O) groups excluding carboxylic acids is 1. The molecule has 2 saturated heterocycles. The smallest absolute Gasteiger partial charge is 0.220 e. The fourth-order valence-electron chi connectivity index (χ4n) is 13.3. The summed E-state index contributed by atoms with van der Waals surface area (Å²) in [6.07, 6.45) is 94.6. The van der Waals surface area contributed by atoms with Gasteiger partial charge in [-0.2, -0.15) is 0 Å². The SMILES string of the molecule is CC/C=C\C/C=C\C/C=C\C/C=C\C/C=C\C/C=C\C/C=C\C/C=C\C/C=C\C/C=C\C/C=C\C/C=C\CCCCCCC(=O)NC(COC1OC(CO)C(OC2OC(CO)C(O)C(O)C2O)C(O)C1O)C(O)CCCCCCCCCCCCCCCCCCCCCCCCCCCCCCCCC. The van der Waals surface area contributed by atoms with Crippen LogP contribution < -0.4 is 5.32 Å². The van der Waals surface area contributed by atoms with Gasteiger partial charge < -0.3 is 65.1 Å². The number of ether oxygens (including phenoxy) is 4. The number of nitrogens with one attached hydrogen (secondary N) is 1. The molecule has 106 heavy (non-hydrogen) atoms. The van der Waals surface area contributed by atoms with Crippen LogP contribution in [0.2, 0.25) is 0 Å². The molecule has 12 unspecified atom stereocenters. The van der Waals surface area contributed by atoms with Gasteiger partial charge in [0.15, 0.2) is 12.6 Å². The number of aliphatic hydroxyl groups is 8. The first-order valence-corrected chi connectivity index (χ1v) is 43.1. The van der Waals surface area contributed by atoms with Crippen LogP contribution in [0.4, 0.5) is 0 Å². The third-order valence-corrected chi connectivity index (χ3v) is 20.1. The van der Waals surface area contributed by atoms with E-state index in [1.807, 2.05) is 0 Å². The second-order valence-electron chi connectivity index (χ2n) is 29.6. The van der Waals surface area contributed by atoms with Crippen LogP contribution >= 0.6 is 0 Å². The molecule has 14 nitrogen and oxygen atoms in total. The molecule has 0 aromatic carbocycles. The lowest BCUT2D eigenvalue weighted by molar-refractivity contribution is -0.359. The van der Waals surface area contributed by atoms with Crippen molar-refractivity contribution < 1.29 is 64.6 Å². The van der Waals surface area contributed by atoms with Gasteiger partial charge in [0.2, 0.25) is 5.91 Å². The Morgan fingerprint density at radius 2 is 0.651 bits per heavy atom. The molecule has 0 bridgehead atoms. The Hall–Kier alpha value is -4.13. The van der Waals surface area contributed by atoms with E-state index in [2.05, 4.69) is 165 Å². The van der Waals surface area contributed by atoms with Gasteiger partial charge in [-0.15, -0.1) is 0 Å². The Balaban J connectivity index is 1.62. The quantitative estimate of drug-likeness (QED) is 0.0204. The molecule has 0 aliphatic carbocycles. The van der Waals surface area contributed by atoms with E-state index in [9.17, 15) is 45.6 Å². The molecule has 2 aliphatic rings. The van der Waals surface area contributed by atoms with E-state index < -0.39 is 86.8 Å². The Kier molecular flexibility index (Phi) is 68.1. The summed E-state index contributed by atoms with van der Waals surface area (Å²) in [5, 5.41) is 88.0. The van der Waals surface area contributed by atoms with Crippen molar-refractivity contribution in [3.63, 3.8) is 0 Å². The molecule has 2 aliphatic heterocycles. The predicted octanol–water partition coefficient (Wildman–Crippen LogP) is 20.7. The molecule has 0 saturated carbocycles. The number of unbranched alkanes of at least 4 members (excludes halogenated alkanes) is 34. The maximum Gasteiger partial charge on any atom is 0.220 e. The van der Waals surface area contributed by atoms with Crippen molar-refractivity contribution in [1.29, 1.82) is 0 Å². The molecule has 14 heteroatoms. The average molecular weight is 1490 g/mol. The summed E-state index contributed by atoms with van der Waals surface area (Å²) < 4.78 is 23.0. The van der Waals surface area contributed by atoms with Crippen molar-refractivity contribution in [3.05, 3.63) is 146 Å². The highest BCUT2D eigenvalue weighted by Gasteiger charge is 2.51. The Labute approximate surface area is 646 Å². The molecule has 0 aromatic rings. The van der Waals surface area contributed by atoms with Gasteiger partial charge in [0.1, 0.15) is 48.8 Å². The second kappa shape index (κ2) is 73.7. The number of amides is 1. The number of aliphatic hydroxyl groups excluding tert-OH is 8. The van der Waals surface area contributed by atoms with E-state index in [-0.39, 0.29) is 18.9 Å². The van der Waals surface area contributed by atoms with Crippen LogP contribution in [-0.2, 0) is 23.7 Å². The van der Waals surface area contributed by atoms with Gasteiger partial charge in [0, 0.05) is 6.42 Å². The molecule has 1 amide bonds. The van der Waals surface area contributed by atoms with Crippen LogP contribution in [0.3, 0.4) is 0 Å². The predicted molar refractivity (Wildman–Crippen MR) is 442 cm³/mol. The standard InChI is InChI=1S/C92H157NO13/c1-3-5-7-9-11-13-15-17-19-21-23-25-27-29-31-33-35-36-37-38-39-40-41-42-43-44-46-48-50-52-54-56-58-60-62-64-66-68-70-72-74-76-84(97)93-80(79-103-91-89(102)87(100)90(83(78-95)105-91)106-92-88(101)86(99)85(98)82(77-94)104-92)81(96)75-73-71-69-67-65-63-61-59-57-55-53-51-49-47-45-34-32-30-28-26-24-22-20-18-16-14-12-10-8-6-4-2/h5,7,11,13,17,19,23,25,29,31,35-36,38-39,41-42,44,46,50,52,56,58,62,64,80-83,85-92,94-96,98-102H,3-4,6,8-10,12,14-16,18,20-22,24,26-28,30,32-34,37,40,43,45,47-49,51,53-55,57,59-61,63,65-79H2,1-2H3,(H,93,97)/b7-5-,13-11-,19-17-,25-23-,31-29-,36-35-,39-38-,42-41-,46-44-,52-50-,58-56-,64-62-. The van der Waals surface area contributed by atoms with Crippen molar-refractivity contribution in [2.45, 2.75) is 408 Å². The van der Waals surface area contributed by atoms with Gasteiger partial charge in [0.05, 0.1) is 32.0 Å². The summed E-state index contributed by atoms with van der Waals surface area (Å²) in [6, 6.07) is -0.856. The number of allylic oxidation sites excluding steroid dienone is 24. The molecule has 9 N–H and O–H groups in total. The van der Waals surface area contributed by atoms with Crippen LogP contribution in [0, 0.1) is 0 Å². The molecule has 2 heterocycles. The summed E-state index contributed by atoms with van der Waals surface area (Å²) in [5.74, 6) is -0.232. The van der Waals surface area contributed by atoms with Crippen molar-refractivity contribution in [3.8, 4) is 0 Å². The highest BCUT2D eigenvalue weighted by molar-refractivity contribution is 5.76. The topological polar surface area (TPSA) is 228 Å². The first-order chi connectivity index (χ1) is 52.1. The minimum atomic E-state index is -1.79. The molecule has 608 valence electrons. The lowest BCUT2D eigenvalue weighted by atomic mass is 9.97. The van der Waals surface area contributed by atoms with Gasteiger partial charge in [-0.25, -0.2) is 0 Å². The number of carbonyl (C=O) groups is 1. The molecular formula is C92H157NO13. The zero-order chi connectivity index (χ0) is 76.5. The third-order valence-electron chi connectivity index (χ3n) is 20.1. The minimum Gasteiger partial charge on any atom is -0.394 e. The van der Waals surface area contributed by atoms with E-state index in [4.69, 9.17) is 18.9 Å². The molecule has 12 atom stereocenters. The van der Waals surface area contributed by atoms with Crippen molar-refractivity contribution in [1.82, 2.24) is 5.32 Å².